The molecule has 144 valence electrons. The molecule has 1 heterocycles. The van der Waals surface area contributed by atoms with Gasteiger partial charge in [0.25, 0.3) is 0 Å². The van der Waals surface area contributed by atoms with E-state index in [2.05, 4.69) is 4.98 Å². The molecular formula is C23H16F2N2O2. The molecule has 0 spiro atoms. The highest BCUT2D eigenvalue weighted by molar-refractivity contribution is 5.95. The Morgan fingerprint density at radius 2 is 1.48 bits per heavy atom. The van der Waals surface area contributed by atoms with Gasteiger partial charge < -0.3 is 9.30 Å². The number of esters is 1. The summed E-state index contributed by atoms with van der Waals surface area (Å²) in [5, 5.41) is 0. The molecule has 1 aromatic heterocycles. The topological polar surface area (TPSA) is 44.1 Å². The summed E-state index contributed by atoms with van der Waals surface area (Å²) in [7, 11) is 1.85. The fourth-order valence-electron chi connectivity index (χ4n) is 2.94. The zero-order valence-electron chi connectivity index (χ0n) is 15.5. The van der Waals surface area contributed by atoms with Crippen molar-refractivity contribution in [3.8, 4) is 0 Å². The molecule has 0 amide bonds. The Morgan fingerprint density at radius 1 is 0.897 bits per heavy atom. The van der Waals surface area contributed by atoms with Crippen LogP contribution >= 0.6 is 0 Å². The van der Waals surface area contributed by atoms with E-state index >= 15 is 0 Å². The van der Waals surface area contributed by atoms with Gasteiger partial charge in [-0.2, -0.15) is 0 Å². The summed E-state index contributed by atoms with van der Waals surface area (Å²) in [6.07, 6.45) is 1.62. The average Bonchev–Trinajstić information content (AvgIpc) is 3.04. The minimum Gasteiger partial charge on any atom is -0.422 e. The standard InChI is InChI=1S/C23H16F2N2O2/c1-27-20-5-3-2-4-19(20)26-22(27)14-21(15-6-10-17(24)11-7-15)29-23(28)16-8-12-18(25)13-9-16/h2-14H,1H3. The minimum atomic E-state index is -0.653. The van der Waals surface area contributed by atoms with Crippen LogP contribution in [0.2, 0.25) is 0 Å². The first-order valence-corrected chi connectivity index (χ1v) is 8.88. The van der Waals surface area contributed by atoms with E-state index in [1.807, 2.05) is 35.9 Å². The van der Waals surface area contributed by atoms with Crippen molar-refractivity contribution in [3.05, 3.63) is 101 Å². The molecule has 4 nitrogen and oxygen atoms in total. The van der Waals surface area contributed by atoms with Crippen molar-refractivity contribution in [1.82, 2.24) is 9.55 Å². The Morgan fingerprint density at radius 3 is 2.10 bits per heavy atom. The summed E-state index contributed by atoms with van der Waals surface area (Å²) < 4.78 is 34.0. The molecule has 0 radical (unpaired) electrons. The van der Waals surface area contributed by atoms with Crippen molar-refractivity contribution in [1.29, 1.82) is 0 Å². The van der Waals surface area contributed by atoms with Gasteiger partial charge in [0.15, 0.2) is 0 Å². The summed E-state index contributed by atoms with van der Waals surface area (Å²) in [4.78, 5) is 17.1. The van der Waals surface area contributed by atoms with Crippen LogP contribution in [0.25, 0.3) is 22.9 Å². The number of fused-ring (bicyclic) bond motifs is 1. The highest BCUT2D eigenvalue weighted by atomic mass is 19.1. The van der Waals surface area contributed by atoms with Gasteiger partial charge in [0, 0.05) is 18.7 Å². The number of aryl methyl sites for hydroxylation is 1. The first-order chi connectivity index (χ1) is 14.0. The van der Waals surface area contributed by atoms with Crippen LogP contribution in [0.5, 0.6) is 0 Å². The molecule has 0 bridgehead atoms. The predicted octanol–water partition coefficient (Wildman–Crippen LogP) is 5.21. The number of imidazole rings is 1. The molecule has 4 rings (SSSR count). The van der Waals surface area contributed by atoms with Crippen LogP contribution in [0.15, 0.2) is 72.8 Å². The molecule has 0 saturated heterocycles. The first-order valence-electron chi connectivity index (χ1n) is 8.88. The van der Waals surface area contributed by atoms with Crippen LogP contribution in [0.4, 0.5) is 8.78 Å². The fraction of sp³-hybridized carbons (Fsp3) is 0.0435. The smallest absolute Gasteiger partial charge is 0.343 e. The van der Waals surface area contributed by atoms with Gasteiger partial charge in [0.2, 0.25) is 0 Å². The highest BCUT2D eigenvalue weighted by Gasteiger charge is 2.15. The molecule has 4 aromatic rings. The number of hydrogen-bond acceptors (Lipinski definition) is 3. The molecule has 29 heavy (non-hydrogen) atoms. The normalized spacial score (nSPS) is 11.6. The van der Waals surface area contributed by atoms with Crippen LogP contribution in [-0.2, 0) is 11.8 Å². The molecule has 0 aliphatic carbocycles. The van der Waals surface area contributed by atoms with Crippen LogP contribution in [-0.4, -0.2) is 15.5 Å². The maximum atomic E-state index is 13.4. The summed E-state index contributed by atoms with van der Waals surface area (Å²) >= 11 is 0. The summed E-state index contributed by atoms with van der Waals surface area (Å²) in [5.41, 5.74) is 2.42. The van der Waals surface area contributed by atoms with Crippen molar-refractivity contribution in [3.63, 3.8) is 0 Å². The van der Waals surface area contributed by atoms with Crippen molar-refractivity contribution < 1.29 is 18.3 Å². The van der Waals surface area contributed by atoms with Crippen molar-refractivity contribution in [2.45, 2.75) is 0 Å². The number of ether oxygens (including phenoxy) is 1. The van der Waals surface area contributed by atoms with Gasteiger partial charge in [0.05, 0.1) is 16.6 Å². The highest BCUT2D eigenvalue weighted by Crippen LogP contribution is 2.23. The Kier molecular flexibility index (Phi) is 4.91. The summed E-state index contributed by atoms with van der Waals surface area (Å²) in [6.45, 7) is 0. The molecule has 3 aromatic carbocycles. The first kappa shape index (κ1) is 18.6. The lowest BCUT2D eigenvalue weighted by Gasteiger charge is -2.10. The number of benzene rings is 3. The monoisotopic (exact) mass is 390 g/mol. The number of halogens is 2. The average molecular weight is 390 g/mol. The second-order valence-electron chi connectivity index (χ2n) is 6.43. The molecule has 0 unspecified atom stereocenters. The molecule has 0 N–H and O–H groups in total. The Hall–Kier alpha value is -3.80. The lowest BCUT2D eigenvalue weighted by Crippen LogP contribution is -2.05. The van der Waals surface area contributed by atoms with Crippen LogP contribution in [0.1, 0.15) is 21.7 Å². The quantitative estimate of drug-likeness (QED) is 0.355. The molecule has 6 heteroatoms. The van der Waals surface area contributed by atoms with Gasteiger partial charge in [-0.05, 0) is 60.7 Å². The molecule has 0 saturated carbocycles. The van der Waals surface area contributed by atoms with E-state index in [-0.39, 0.29) is 11.3 Å². The minimum absolute atomic E-state index is 0.199. The van der Waals surface area contributed by atoms with E-state index in [9.17, 15) is 13.6 Å². The van der Waals surface area contributed by atoms with Gasteiger partial charge in [-0.1, -0.05) is 12.1 Å². The van der Waals surface area contributed by atoms with Crippen LogP contribution < -0.4 is 0 Å². The number of carbonyl (C=O) groups is 1. The van der Waals surface area contributed by atoms with E-state index < -0.39 is 17.6 Å². The van der Waals surface area contributed by atoms with Crippen LogP contribution in [0.3, 0.4) is 0 Å². The molecule has 0 aliphatic rings. The van der Waals surface area contributed by atoms with Gasteiger partial charge >= 0.3 is 5.97 Å². The van der Waals surface area contributed by atoms with E-state index in [1.165, 1.54) is 48.5 Å². The van der Waals surface area contributed by atoms with E-state index in [1.54, 1.807) is 6.08 Å². The van der Waals surface area contributed by atoms with Crippen LogP contribution in [0, 0.1) is 11.6 Å². The van der Waals surface area contributed by atoms with Gasteiger partial charge in [0.1, 0.15) is 23.2 Å². The number of aromatic nitrogens is 2. The summed E-state index contributed by atoms with van der Waals surface area (Å²) in [5.74, 6) is -0.731. The maximum Gasteiger partial charge on any atom is 0.343 e. The van der Waals surface area contributed by atoms with Gasteiger partial charge in [-0.15, -0.1) is 0 Å². The largest absolute Gasteiger partial charge is 0.422 e. The third kappa shape index (κ3) is 3.91. The van der Waals surface area contributed by atoms with E-state index in [0.717, 1.165) is 11.0 Å². The molecule has 0 fully saturated rings. The molecular weight excluding hydrogens is 374 g/mol. The number of hydrogen-bond donors (Lipinski definition) is 0. The lowest BCUT2D eigenvalue weighted by molar-refractivity contribution is 0.0693. The zero-order chi connectivity index (χ0) is 20.4. The van der Waals surface area contributed by atoms with E-state index in [4.69, 9.17) is 4.74 Å². The third-order valence-electron chi connectivity index (χ3n) is 4.49. The number of nitrogens with zero attached hydrogens (tertiary/aromatic N) is 2. The zero-order valence-corrected chi connectivity index (χ0v) is 15.5. The fourth-order valence-corrected chi connectivity index (χ4v) is 2.94. The Bertz CT molecular complexity index is 1210. The van der Waals surface area contributed by atoms with Crippen molar-refractivity contribution in [2.75, 3.05) is 0 Å². The number of carbonyl (C=O) groups excluding carboxylic acids is 1. The lowest BCUT2D eigenvalue weighted by atomic mass is 10.1. The third-order valence-corrected chi connectivity index (χ3v) is 4.49. The second-order valence-corrected chi connectivity index (χ2v) is 6.43. The van der Waals surface area contributed by atoms with E-state index in [0.29, 0.717) is 11.4 Å². The predicted molar refractivity (Wildman–Crippen MR) is 107 cm³/mol. The molecule has 0 aliphatic heterocycles. The number of rotatable bonds is 4. The SMILES string of the molecule is Cn1c(C=C(OC(=O)c2ccc(F)cc2)c2ccc(F)cc2)nc2ccccc21. The second kappa shape index (κ2) is 7.67. The van der Waals surface area contributed by atoms with Gasteiger partial charge in [-0.3, -0.25) is 0 Å². The van der Waals surface area contributed by atoms with Crippen molar-refractivity contribution in [2.24, 2.45) is 7.05 Å². The van der Waals surface area contributed by atoms with Crippen molar-refractivity contribution >= 4 is 28.8 Å². The Balaban J connectivity index is 1.76. The Labute approximate surface area is 165 Å². The van der Waals surface area contributed by atoms with Gasteiger partial charge in [-0.25, -0.2) is 18.6 Å². The summed E-state index contributed by atoms with van der Waals surface area (Å²) in [6, 6.07) is 18.3. The maximum absolute atomic E-state index is 13.4. The number of para-hydroxylation sites is 2. The molecule has 0 atom stereocenters.